The first kappa shape index (κ1) is 13.5. The van der Waals surface area contributed by atoms with Gasteiger partial charge in [0.1, 0.15) is 0 Å². The maximum Gasteiger partial charge on any atom is 0.220 e. The van der Waals surface area contributed by atoms with E-state index in [2.05, 4.69) is 10.6 Å². The van der Waals surface area contributed by atoms with Gasteiger partial charge in [0.15, 0.2) is 0 Å². The summed E-state index contributed by atoms with van der Waals surface area (Å²) in [5, 5.41) is 5.97. The summed E-state index contributed by atoms with van der Waals surface area (Å²) in [7, 11) is 1.90. The molecule has 1 atom stereocenters. The third-order valence-electron chi connectivity index (χ3n) is 2.89. The zero-order valence-corrected chi connectivity index (χ0v) is 10.3. The summed E-state index contributed by atoms with van der Waals surface area (Å²) in [6.07, 6.45) is 6.45. The molecule has 4 heteroatoms. The van der Waals surface area contributed by atoms with Gasteiger partial charge in [-0.05, 0) is 45.7 Å². The van der Waals surface area contributed by atoms with Crippen molar-refractivity contribution >= 4 is 5.91 Å². The monoisotopic (exact) mass is 228 g/mol. The van der Waals surface area contributed by atoms with Crippen molar-refractivity contribution in [2.24, 2.45) is 0 Å². The molecule has 94 valence electrons. The van der Waals surface area contributed by atoms with Gasteiger partial charge in [0.2, 0.25) is 5.91 Å². The lowest BCUT2D eigenvalue weighted by Gasteiger charge is -2.22. The molecule has 1 aliphatic heterocycles. The summed E-state index contributed by atoms with van der Waals surface area (Å²) in [5.74, 6) is 0.158. The Kier molecular flexibility index (Phi) is 7.17. The molecule has 1 amide bonds. The van der Waals surface area contributed by atoms with Crippen LogP contribution in [0.15, 0.2) is 0 Å². The third-order valence-corrected chi connectivity index (χ3v) is 2.89. The van der Waals surface area contributed by atoms with E-state index in [1.807, 2.05) is 7.05 Å². The highest BCUT2D eigenvalue weighted by Gasteiger charge is 2.13. The van der Waals surface area contributed by atoms with Gasteiger partial charge in [0.25, 0.3) is 0 Å². The lowest BCUT2D eigenvalue weighted by molar-refractivity contribution is -0.121. The van der Waals surface area contributed by atoms with Gasteiger partial charge in [-0.15, -0.1) is 0 Å². The smallest absolute Gasteiger partial charge is 0.220 e. The third kappa shape index (κ3) is 6.08. The molecule has 0 aromatic rings. The van der Waals surface area contributed by atoms with Crippen molar-refractivity contribution in [3.63, 3.8) is 0 Å². The van der Waals surface area contributed by atoms with Crippen LogP contribution in [0.3, 0.4) is 0 Å². The van der Waals surface area contributed by atoms with Crippen LogP contribution in [0.5, 0.6) is 0 Å². The van der Waals surface area contributed by atoms with Crippen LogP contribution in [-0.4, -0.2) is 38.8 Å². The number of carbonyl (C=O) groups is 1. The molecule has 0 saturated carbocycles. The topological polar surface area (TPSA) is 50.4 Å². The Morgan fingerprint density at radius 2 is 2.25 bits per heavy atom. The fourth-order valence-electron chi connectivity index (χ4n) is 1.92. The lowest BCUT2D eigenvalue weighted by Crippen LogP contribution is -2.29. The molecule has 1 heterocycles. The molecular weight excluding hydrogens is 204 g/mol. The Morgan fingerprint density at radius 3 is 2.94 bits per heavy atom. The summed E-state index contributed by atoms with van der Waals surface area (Å²) in [5.41, 5.74) is 0. The summed E-state index contributed by atoms with van der Waals surface area (Å²) < 4.78 is 5.60. The number of carbonyl (C=O) groups excluding carboxylic acids is 1. The molecule has 1 aliphatic rings. The fraction of sp³-hybridized carbons (Fsp3) is 0.917. The van der Waals surface area contributed by atoms with Crippen LogP contribution in [-0.2, 0) is 9.53 Å². The molecule has 4 nitrogen and oxygen atoms in total. The molecule has 1 rings (SSSR count). The van der Waals surface area contributed by atoms with E-state index in [9.17, 15) is 4.79 Å². The van der Waals surface area contributed by atoms with Crippen molar-refractivity contribution in [2.45, 2.75) is 44.6 Å². The number of amides is 1. The summed E-state index contributed by atoms with van der Waals surface area (Å²) in [4.78, 5) is 11.4. The van der Waals surface area contributed by atoms with Crippen LogP contribution in [0.25, 0.3) is 0 Å². The fourth-order valence-corrected chi connectivity index (χ4v) is 1.92. The maximum absolute atomic E-state index is 11.4. The predicted octanol–water partition coefficient (Wildman–Crippen LogP) is 1.06. The quantitative estimate of drug-likeness (QED) is 0.641. The summed E-state index contributed by atoms with van der Waals surface area (Å²) >= 11 is 0. The van der Waals surface area contributed by atoms with Crippen molar-refractivity contribution in [2.75, 3.05) is 26.7 Å². The molecule has 0 aromatic carbocycles. The zero-order chi connectivity index (χ0) is 11.6. The zero-order valence-electron chi connectivity index (χ0n) is 10.3. The Morgan fingerprint density at radius 1 is 1.38 bits per heavy atom. The van der Waals surface area contributed by atoms with Gasteiger partial charge >= 0.3 is 0 Å². The minimum absolute atomic E-state index is 0.158. The Labute approximate surface area is 98.1 Å². The number of nitrogens with one attached hydrogen (secondary N) is 2. The van der Waals surface area contributed by atoms with Crippen molar-refractivity contribution in [3.05, 3.63) is 0 Å². The molecule has 16 heavy (non-hydrogen) atoms. The first-order valence-electron chi connectivity index (χ1n) is 6.36. The van der Waals surface area contributed by atoms with Gasteiger partial charge in [-0.2, -0.15) is 0 Å². The molecular formula is C12H24N2O2. The van der Waals surface area contributed by atoms with E-state index in [0.717, 1.165) is 39.0 Å². The van der Waals surface area contributed by atoms with Gasteiger partial charge in [-0.3, -0.25) is 4.79 Å². The highest BCUT2D eigenvalue weighted by molar-refractivity contribution is 5.75. The van der Waals surface area contributed by atoms with E-state index in [4.69, 9.17) is 4.74 Å². The summed E-state index contributed by atoms with van der Waals surface area (Å²) in [6, 6.07) is 0. The van der Waals surface area contributed by atoms with Gasteiger partial charge in [0.05, 0.1) is 6.10 Å². The number of ether oxygens (including phenoxy) is 1. The molecule has 2 N–H and O–H groups in total. The molecule has 1 unspecified atom stereocenters. The Hall–Kier alpha value is -0.610. The average Bonchev–Trinajstić information content (AvgIpc) is 2.31. The van der Waals surface area contributed by atoms with Crippen molar-refractivity contribution in [1.82, 2.24) is 10.6 Å². The number of rotatable bonds is 7. The van der Waals surface area contributed by atoms with Crippen LogP contribution in [0.4, 0.5) is 0 Å². The van der Waals surface area contributed by atoms with Crippen LogP contribution < -0.4 is 10.6 Å². The van der Waals surface area contributed by atoms with Crippen LogP contribution in [0, 0.1) is 0 Å². The van der Waals surface area contributed by atoms with Gasteiger partial charge < -0.3 is 15.4 Å². The highest BCUT2D eigenvalue weighted by atomic mass is 16.5. The number of hydrogen-bond acceptors (Lipinski definition) is 3. The van der Waals surface area contributed by atoms with Gasteiger partial charge in [-0.25, -0.2) is 0 Å². The molecule has 0 aromatic heterocycles. The van der Waals surface area contributed by atoms with Crippen LogP contribution in [0.1, 0.15) is 38.5 Å². The standard InChI is InChI=1S/C12H24N2O2/c1-13-8-4-6-12(15)14-9-7-11-5-2-3-10-16-11/h11,13H,2-10H2,1H3,(H,14,15). The van der Waals surface area contributed by atoms with Crippen molar-refractivity contribution in [1.29, 1.82) is 0 Å². The number of hydrogen-bond donors (Lipinski definition) is 2. The second kappa shape index (κ2) is 8.53. The first-order chi connectivity index (χ1) is 7.83. The van der Waals surface area contributed by atoms with Gasteiger partial charge in [-0.1, -0.05) is 0 Å². The second-order valence-corrected chi connectivity index (χ2v) is 4.33. The van der Waals surface area contributed by atoms with E-state index < -0.39 is 0 Å². The molecule has 0 spiro atoms. The molecule has 1 saturated heterocycles. The van der Waals surface area contributed by atoms with E-state index >= 15 is 0 Å². The molecule has 1 fully saturated rings. The Bertz CT molecular complexity index is 191. The normalized spacial score (nSPS) is 20.7. The van der Waals surface area contributed by atoms with Crippen molar-refractivity contribution in [3.8, 4) is 0 Å². The maximum atomic E-state index is 11.4. The van der Waals surface area contributed by atoms with E-state index in [1.165, 1.54) is 12.8 Å². The van der Waals surface area contributed by atoms with E-state index in [-0.39, 0.29) is 5.91 Å². The minimum Gasteiger partial charge on any atom is -0.378 e. The Balaban J connectivity index is 1.94. The van der Waals surface area contributed by atoms with Gasteiger partial charge in [0, 0.05) is 19.6 Å². The highest BCUT2D eigenvalue weighted by Crippen LogP contribution is 2.14. The average molecular weight is 228 g/mol. The van der Waals surface area contributed by atoms with E-state index in [0.29, 0.717) is 12.5 Å². The minimum atomic E-state index is 0.158. The predicted molar refractivity (Wildman–Crippen MR) is 64.4 cm³/mol. The second-order valence-electron chi connectivity index (χ2n) is 4.33. The van der Waals surface area contributed by atoms with Crippen molar-refractivity contribution < 1.29 is 9.53 Å². The lowest BCUT2D eigenvalue weighted by atomic mass is 10.1. The largest absolute Gasteiger partial charge is 0.378 e. The van der Waals surface area contributed by atoms with Crippen LogP contribution in [0.2, 0.25) is 0 Å². The molecule has 0 bridgehead atoms. The summed E-state index contributed by atoms with van der Waals surface area (Å²) in [6.45, 7) is 2.54. The van der Waals surface area contributed by atoms with Crippen LogP contribution >= 0.6 is 0 Å². The molecule has 0 radical (unpaired) electrons. The SMILES string of the molecule is CNCCCC(=O)NCCC1CCCCO1. The van der Waals surface area contributed by atoms with E-state index in [1.54, 1.807) is 0 Å². The first-order valence-corrected chi connectivity index (χ1v) is 6.36. The molecule has 0 aliphatic carbocycles.